The predicted molar refractivity (Wildman–Crippen MR) is 125 cm³/mol. The van der Waals surface area contributed by atoms with Crippen LogP contribution in [-0.2, 0) is 18.8 Å². The zero-order chi connectivity index (χ0) is 21.8. The minimum absolute atomic E-state index is 0.203. The monoisotopic (exact) mass is 462 g/mol. The molecule has 1 aliphatic carbocycles. The second kappa shape index (κ2) is 9.62. The number of nitrogens with zero attached hydrogens (tertiary/aromatic N) is 5. The molecule has 0 aliphatic heterocycles. The van der Waals surface area contributed by atoms with Gasteiger partial charge in [0, 0.05) is 12.5 Å². The highest BCUT2D eigenvalue weighted by Crippen LogP contribution is 2.40. The number of carbonyl (C=O) groups excluding carboxylic acids is 1. The van der Waals surface area contributed by atoms with E-state index in [9.17, 15) is 4.79 Å². The van der Waals surface area contributed by atoms with Crippen LogP contribution in [0.4, 0.5) is 0 Å². The molecule has 162 valence electrons. The average Bonchev–Trinajstić information content (AvgIpc) is 3.43. The first-order valence-electron chi connectivity index (χ1n) is 10.5. The van der Waals surface area contributed by atoms with Crippen molar-refractivity contribution in [2.24, 2.45) is 0 Å². The van der Waals surface area contributed by atoms with Crippen LogP contribution in [0.15, 0.2) is 65.8 Å². The molecule has 0 radical (unpaired) electrons. The maximum atomic E-state index is 12.4. The van der Waals surface area contributed by atoms with E-state index in [0.29, 0.717) is 23.2 Å². The molecule has 2 heterocycles. The van der Waals surface area contributed by atoms with E-state index in [1.165, 1.54) is 29.7 Å². The van der Waals surface area contributed by atoms with Crippen molar-refractivity contribution in [3.8, 4) is 0 Å². The van der Waals surface area contributed by atoms with Gasteiger partial charge in [-0.05, 0) is 24.0 Å². The largest absolute Gasteiger partial charge is 0.346 e. The van der Waals surface area contributed by atoms with Crippen molar-refractivity contribution in [3.63, 3.8) is 0 Å². The number of amides is 1. The highest BCUT2D eigenvalue weighted by atomic mass is 32.2. The third kappa shape index (κ3) is 5.05. The Morgan fingerprint density at radius 2 is 1.69 bits per heavy atom. The van der Waals surface area contributed by atoms with Crippen molar-refractivity contribution in [3.05, 3.63) is 87.6 Å². The summed E-state index contributed by atoms with van der Waals surface area (Å²) in [5.41, 5.74) is 2.27. The van der Waals surface area contributed by atoms with Crippen LogP contribution in [0.2, 0.25) is 0 Å². The number of hydrogen-bond donors (Lipinski definition) is 1. The fourth-order valence-electron chi connectivity index (χ4n) is 3.35. The first-order chi connectivity index (χ1) is 15.8. The molecule has 1 amide bonds. The minimum Gasteiger partial charge on any atom is -0.346 e. The molecule has 9 heteroatoms. The Bertz CT molecular complexity index is 1190. The molecular formula is C23H22N6OS2. The van der Waals surface area contributed by atoms with E-state index in [0.717, 1.165) is 28.1 Å². The van der Waals surface area contributed by atoms with Crippen molar-refractivity contribution in [2.45, 2.75) is 42.8 Å². The van der Waals surface area contributed by atoms with Gasteiger partial charge in [-0.15, -0.1) is 20.4 Å². The molecule has 1 fully saturated rings. The van der Waals surface area contributed by atoms with Crippen LogP contribution in [-0.4, -0.2) is 30.9 Å². The van der Waals surface area contributed by atoms with Crippen molar-refractivity contribution < 1.29 is 4.79 Å². The maximum Gasteiger partial charge on any atom is 0.282 e. The van der Waals surface area contributed by atoms with E-state index in [1.807, 2.05) is 36.4 Å². The van der Waals surface area contributed by atoms with Gasteiger partial charge in [-0.25, -0.2) is 0 Å². The summed E-state index contributed by atoms with van der Waals surface area (Å²) in [6.45, 7) is 1.22. The Labute approximate surface area is 194 Å². The van der Waals surface area contributed by atoms with E-state index in [1.54, 1.807) is 11.8 Å². The molecule has 5 rings (SSSR count). The van der Waals surface area contributed by atoms with Crippen LogP contribution < -0.4 is 5.32 Å². The summed E-state index contributed by atoms with van der Waals surface area (Å²) in [5.74, 6) is 1.98. The summed E-state index contributed by atoms with van der Waals surface area (Å²) in [6.07, 6.45) is 2.35. The summed E-state index contributed by atoms with van der Waals surface area (Å²) < 4.78 is 2.21. The lowest BCUT2D eigenvalue weighted by atomic mass is 10.2. The number of aromatic nitrogens is 5. The highest BCUT2D eigenvalue weighted by molar-refractivity contribution is 7.98. The topological polar surface area (TPSA) is 85.6 Å². The minimum atomic E-state index is -0.203. The van der Waals surface area contributed by atoms with Gasteiger partial charge in [-0.2, -0.15) is 0 Å². The Morgan fingerprint density at radius 1 is 0.969 bits per heavy atom. The third-order valence-electron chi connectivity index (χ3n) is 5.15. The second-order valence-electron chi connectivity index (χ2n) is 7.64. The van der Waals surface area contributed by atoms with Gasteiger partial charge in [0.2, 0.25) is 5.01 Å². The van der Waals surface area contributed by atoms with E-state index >= 15 is 0 Å². The van der Waals surface area contributed by atoms with Crippen LogP contribution in [0.5, 0.6) is 0 Å². The van der Waals surface area contributed by atoms with Gasteiger partial charge >= 0.3 is 0 Å². The number of thioether (sulfide) groups is 1. The second-order valence-corrected chi connectivity index (χ2v) is 9.65. The van der Waals surface area contributed by atoms with Crippen molar-refractivity contribution in [1.82, 2.24) is 30.3 Å². The molecule has 0 unspecified atom stereocenters. The summed E-state index contributed by atoms with van der Waals surface area (Å²) in [4.78, 5) is 12.4. The molecule has 1 N–H and O–H groups in total. The number of nitrogens with one attached hydrogen (secondary N) is 1. The SMILES string of the molecule is O=C(NCc1ccccc1)c1nnc(CSc2nnc(C3CC3)n2Cc2ccccc2)s1. The number of carbonyl (C=O) groups is 1. The van der Waals surface area contributed by atoms with E-state index in [4.69, 9.17) is 0 Å². The van der Waals surface area contributed by atoms with Crippen LogP contribution in [0.3, 0.4) is 0 Å². The molecule has 1 aliphatic rings. The van der Waals surface area contributed by atoms with Crippen molar-refractivity contribution >= 4 is 29.0 Å². The lowest BCUT2D eigenvalue weighted by Gasteiger charge is -2.09. The Morgan fingerprint density at radius 3 is 2.41 bits per heavy atom. The summed E-state index contributed by atoms with van der Waals surface area (Å²) in [5, 5.41) is 22.1. The molecule has 2 aromatic carbocycles. The smallest absolute Gasteiger partial charge is 0.282 e. The van der Waals surface area contributed by atoms with E-state index < -0.39 is 0 Å². The first kappa shape index (κ1) is 20.8. The lowest BCUT2D eigenvalue weighted by molar-refractivity contribution is 0.0950. The number of rotatable bonds is 9. The molecular weight excluding hydrogens is 440 g/mol. The molecule has 7 nitrogen and oxygen atoms in total. The Hall–Kier alpha value is -3.04. The maximum absolute atomic E-state index is 12.4. The molecule has 0 bridgehead atoms. The van der Waals surface area contributed by atoms with Crippen LogP contribution in [0, 0.1) is 0 Å². The summed E-state index contributed by atoms with van der Waals surface area (Å²) >= 11 is 2.90. The normalized spacial score (nSPS) is 13.2. The van der Waals surface area contributed by atoms with Gasteiger partial charge in [0.05, 0.1) is 12.3 Å². The zero-order valence-electron chi connectivity index (χ0n) is 17.3. The summed E-state index contributed by atoms with van der Waals surface area (Å²) in [7, 11) is 0. The Balaban J connectivity index is 1.22. The predicted octanol–water partition coefficient (Wildman–Crippen LogP) is 4.28. The van der Waals surface area contributed by atoms with Gasteiger partial charge in [0.25, 0.3) is 5.91 Å². The molecule has 0 spiro atoms. The fraction of sp³-hybridized carbons (Fsp3) is 0.261. The van der Waals surface area contributed by atoms with Gasteiger partial charge in [0.1, 0.15) is 10.8 Å². The van der Waals surface area contributed by atoms with E-state index in [-0.39, 0.29) is 5.91 Å². The standard InChI is InChI=1S/C23H22N6OS2/c30-21(24-13-16-7-3-1-4-8-16)22-27-25-19(32-22)15-31-23-28-26-20(18-11-12-18)29(23)14-17-9-5-2-6-10-17/h1-10,18H,11-15H2,(H,24,30). The quantitative estimate of drug-likeness (QED) is 0.374. The van der Waals surface area contributed by atoms with Crippen LogP contribution in [0.25, 0.3) is 0 Å². The van der Waals surface area contributed by atoms with E-state index in [2.05, 4.69) is 54.5 Å². The third-order valence-corrected chi connectivity index (χ3v) is 7.24. The molecule has 32 heavy (non-hydrogen) atoms. The molecule has 2 aromatic heterocycles. The van der Waals surface area contributed by atoms with Gasteiger partial charge in [0.15, 0.2) is 5.16 Å². The molecule has 0 saturated heterocycles. The summed E-state index contributed by atoms with van der Waals surface area (Å²) in [6, 6.07) is 20.2. The van der Waals surface area contributed by atoms with Crippen molar-refractivity contribution in [1.29, 1.82) is 0 Å². The first-order valence-corrected chi connectivity index (χ1v) is 12.3. The highest BCUT2D eigenvalue weighted by Gasteiger charge is 2.30. The zero-order valence-corrected chi connectivity index (χ0v) is 19.0. The number of hydrogen-bond acceptors (Lipinski definition) is 7. The van der Waals surface area contributed by atoms with Gasteiger partial charge < -0.3 is 9.88 Å². The average molecular weight is 463 g/mol. The van der Waals surface area contributed by atoms with Crippen LogP contribution >= 0.6 is 23.1 Å². The van der Waals surface area contributed by atoms with Crippen molar-refractivity contribution in [2.75, 3.05) is 0 Å². The van der Waals surface area contributed by atoms with Crippen LogP contribution in [0.1, 0.15) is 50.5 Å². The van der Waals surface area contributed by atoms with Gasteiger partial charge in [-0.3, -0.25) is 4.79 Å². The molecule has 0 atom stereocenters. The molecule has 4 aromatic rings. The Kier molecular flexibility index (Phi) is 6.27. The van der Waals surface area contributed by atoms with Gasteiger partial charge in [-0.1, -0.05) is 83.8 Å². The fourth-order valence-corrected chi connectivity index (χ4v) is 5.04. The lowest BCUT2D eigenvalue weighted by Crippen LogP contribution is -2.22. The molecule has 1 saturated carbocycles. The number of benzene rings is 2.